The number of methoxy groups -OCH3 is 1. The maximum Gasteiger partial charge on any atom is 0.406 e. The topological polar surface area (TPSA) is 117 Å². The molecule has 0 radical (unpaired) electrons. The van der Waals surface area contributed by atoms with Crippen molar-refractivity contribution in [2.75, 3.05) is 32.1 Å². The summed E-state index contributed by atoms with van der Waals surface area (Å²) in [5.74, 6) is -1.19. The second kappa shape index (κ2) is 9.30. The number of hydrogen-bond acceptors (Lipinski definition) is 5. The molecule has 0 spiro atoms. The first-order valence-corrected chi connectivity index (χ1v) is 10.2. The van der Waals surface area contributed by atoms with Gasteiger partial charge in [-0.1, -0.05) is 0 Å². The summed E-state index contributed by atoms with van der Waals surface area (Å²) >= 11 is 0. The van der Waals surface area contributed by atoms with E-state index in [9.17, 15) is 22.4 Å². The molecule has 0 aliphatic carbocycles. The smallest absolute Gasteiger partial charge is 0.406 e. The van der Waals surface area contributed by atoms with E-state index in [1.54, 1.807) is 13.8 Å². The van der Waals surface area contributed by atoms with E-state index < -0.39 is 28.3 Å². The molecule has 1 aliphatic heterocycles. The number of hydrogen-bond donors (Lipinski definition) is 3. The summed E-state index contributed by atoms with van der Waals surface area (Å²) in [6, 6.07) is 3.69. The van der Waals surface area contributed by atoms with Crippen LogP contribution in [0.25, 0.3) is 0 Å². The molecule has 0 saturated carbocycles. The summed E-state index contributed by atoms with van der Waals surface area (Å²) in [6.07, 6.45) is -0.276. The van der Waals surface area contributed by atoms with Crippen LogP contribution >= 0.6 is 0 Å². The Balaban J connectivity index is 1.89. The van der Waals surface area contributed by atoms with Crippen molar-refractivity contribution in [3.8, 4) is 0 Å². The minimum atomic E-state index is -3.80. The largest absolute Gasteiger partial charge is 0.453 e. The van der Waals surface area contributed by atoms with Crippen LogP contribution < -0.4 is 15.4 Å². The Morgan fingerprint density at radius 3 is 2.75 bits per heavy atom. The van der Waals surface area contributed by atoms with Crippen LogP contribution in [0.3, 0.4) is 0 Å². The zero-order valence-electron chi connectivity index (χ0n) is 16.0. The Kier molecular flexibility index (Phi) is 7.33. The molecule has 1 heterocycles. The van der Waals surface area contributed by atoms with Gasteiger partial charge in [-0.3, -0.25) is 4.79 Å². The van der Waals surface area contributed by atoms with Gasteiger partial charge >= 0.3 is 6.09 Å². The Bertz CT molecular complexity index is 833. The van der Waals surface area contributed by atoms with Crippen molar-refractivity contribution in [1.82, 2.24) is 14.3 Å². The number of aryl methyl sites for hydroxylation is 1. The molecule has 2 atom stereocenters. The number of anilines is 1. The number of alkyl carbamates (subject to hydrolysis) is 1. The maximum atomic E-state index is 13.3. The molecule has 1 aromatic carbocycles. The monoisotopic (exact) mass is 416 g/mol. The third kappa shape index (κ3) is 5.88. The summed E-state index contributed by atoms with van der Waals surface area (Å²) in [7, 11) is -2.59. The highest BCUT2D eigenvalue weighted by Crippen LogP contribution is 2.21. The van der Waals surface area contributed by atoms with E-state index >= 15 is 0 Å². The molecule has 156 valence electrons. The molecule has 1 aliphatic rings. The van der Waals surface area contributed by atoms with Gasteiger partial charge in [0, 0.05) is 31.4 Å². The van der Waals surface area contributed by atoms with Gasteiger partial charge in [0.25, 0.3) is 10.2 Å². The van der Waals surface area contributed by atoms with Crippen molar-refractivity contribution in [1.29, 1.82) is 0 Å². The van der Waals surface area contributed by atoms with Crippen LogP contribution in [0.2, 0.25) is 0 Å². The second-order valence-corrected chi connectivity index (χ2v) is 8.40. The molecule has 0 unspecified atom stereocenters. The van der Waals surface area contributed by atoms with Crippen molar-refractivity contribution < 1.29 is 27.1 Å². The molecule has 0 bridgehead atoms. The fraction of sp³-hybridized carbons (Fsp3) is 0.529. The lowest BCUT2D eigenvalue weighted by Crippen LogP contribution is -2.47. The molecule has 0 aromatic heterocycles. The summed E-state index contributed by atoms with van der Waals surface area (Å²) in [6.45, 7) is 3.50. The van der Waals surface area contributed by atoms with Crippen molar-refractivity contribution in [3.05, 3.63) is 29.6 Å². The molecule has 1 aromatic rings. The van der Waals surface area contributed by atoms with E-state index in [-0.39, 0.29) is 31.4 Å². The summed E-state index contributed by atoms with van der Waals surface area (Å²) in [5.41, 5.74) is 0.873. The molecule has 2 rings (SSSR count). The van der Waals surface area contributed by atoms with Crippen molar-refractivity contribution in [2.24, 2.45) is 5.92 Å². The van der Waals surface area contributed by atoms with Gasteiger partial charge in [0.1, 0.15) is 5.82 Å². The number of nitrogens with one attached hydrogen (secondary N) is 3. The number of nitrogens with zero attached hydrogens (tertiary/aromatic N) is 1. The molecule has 28 heavy (non-hydrogen) atoms. The van der Waals surface area contributed by atoms with Gasteiger partial charge in [-0.25, -0.2) is 9.18 Å². The van der Waals surface area contributed by atoms with Crippen molar-refractivity contribution in [2.45, 2.75) is 26.3 Å². The average molecular weight is 416 g/mol. The second-order valence-electron chi connectivity index (χ2n) is 6.69. The SMILES string of the molecule is COC(=O)NC[C@@H](C)NS(=O)(=O)N1CC[C@H](C(=O)Nc2ccc(F)c(C)c2)C1. The standard InChI is InChI=1S/C17H25FN4O5S/c1-11-8-14(4-5-15(11)18)20-16(23)13-6-7-22(10-13)28(25,26)21-12(2)9-19-17(24)27-3/h4-5,8,12-13,21H,6-7,9-10H2,1-3H3,(H,19,24)(H,20,23)/t12-,13+/m1/s1. The Morgan fingerprint density at radius 1 is 1.39 bits per heavy atom. The first kappa shape index (κ1) is 22.1. The summed E-state index contributed by atoms with van der Waals surface area (Å²) < 4.78 is 46.3. The fourth-order valence-electron chi connectivity index (χ4n) is 2.81. The van der Waals surface area contributed by atoms with Crippen LogP contribution in [0.15, 0.2) is 18.2 Å². The lowest BCUT2D eigenvalue weighted by atomic mass is 10.1. The van der Waals surface area contributed by atoms with E-state index in [1.807, 2.05) is 0 Å². The average Bonchev–Trinajstić information content (AvgIpc) is 3.13. The highest BCUT2D eigenvalue weighted by molar-refractivity contribution is 7.87. The lowest BCUT2D eigenvalue weighted by molar-refractivity contribution is -0.119. The predicted molar refractivity (Wildman–Crippen MR) is 101 cm³/mol. The first-order valence-electron chi connectivity index (χ1n) is 8.78. The third-order valence-corrected chi connectivity index (χ3v) is 6.09. The molecular formula is C17H25FN4O5S. The molecule has 1 fully saturated rings. The van der Waals surface area contributed by atoms with Gasteiger partial charge in [-0.05, 0) is 44.0 Å². The van der Waals surface area contributed by atoms with Gasteiger partial charge < -0.3 is 15.4 Å². The van der Waals surface area contributed by atoms with Crippen LogP contribution in [0.1, 0.15) is 18.9 Å². The molecule has 2 amide bonds. The summed E-state index contributed by atoms with van der Waals surface area (Å²) in [4.78, 5) is 23.5. The van der Waals surface area contributed by atoms with Crippen molar-refractivity contribution >= 4 is 27.9 Å². The highest BCUT2D eigenvalue weighted by Gasteiger charge is 2.35. The lowest BCUT2D eigenvalue weighted by Gasteiger charge is -2.21. The molecule has 3 N–H and O–H groups in total. The number of halogens is 1. The number of carbonyl (C=O) groups is 2. The van der Waals surface area contributed by atoms with E-state index in [2.05, 4.69) is 20.1 Å². The van der Waals surface area contributed by atoms with Crippen LogP contribution in [-0.2, 0) is 19.7 Å². The maximum absolute atomic E-state index is 13.3. The highest BCUT2D eigenvalue weighted by atomic mass is 32.2. The predicted octanol–water partition coefficient (Wildman–Crippen LogP) is 0.973. The van der Waals surface area contributed by atoms with E-state index in [4.69, 9.17) is 0 Å². The number of carbonyl (C=O) groups excluding carboxylic acids is 2. The van der Waals surface area contributed by atoms with Gasteiger partial charge in [-0.2, -0.15) is 17.4 Å². The molecule has 9 nitrogen and oxygen atoms in total. The normalized spacial score (nSPS) is 18.5. The number of amides is 2. The van der Waals surface area contributed by atoms with E-state index in [1.165, 1.54) is 29.6 Å². The van der Waals surface area contributed by atoms with Gasteiger partial charge in [0.05, 0.1) is 13.0 Å². The van der Waals surface area contributed by atoms with E-state index in [0.717, 1.165) is 0 Å². The Hall–Kier alpha value is -2.24. The molecular weight excluding hydrogens is 391 g/mol. The number of rotatable bonds is 7. The van der Waals surface area contributed by atoms with Gasteiger partial charge in [0.2, 0.25) is 5.91 Å². The third-order valence-electron chi connectivity index (χ3n) is 4.38. The first-order chi connectivity index (χ1) is 13.1. The van der Waals surface area contributed by atoms with E-state index in [0.29, 0.717) is 17.7 Å². The van der Waals surface area contributed by atoms with Crippen LogP contribution in [-0.4, -0.2) is 57.5 Å². The number of benzene rings is 1. The molecule has 1 saturated heterocycles. The molecule has 11 heteroatoms. The zero-order valence-corrected chi connectivity index (χ0v) is 16.8. The minimum absolute atomic E-state index is 0.0402. The Labute approximate surface area is 163 Å². The van der Waals surface area contributed by atoms with Crippen LogP contribution in [0.5, 0.6) is 0 Å². The minimum Gasteiger partial charge on any atom is -0.453 e. The number of ether oxygens (including phenoxy) is 1. The van der Waals surface area contributed by atoms with Crippen molar-refractivity contribution in [3.63, 3.8) is 0 Å². The Morgan fingerprint density at radius 2 is 2.11 bits per heavy atom. The summed E-state index contributed by atoms with van der Waals surface area (Å²) in [5, 5.41) is 5.11. The quantitative estimate of drug-likeness (QED) is 0.612. The van der Waals surface area contributed by atoms with Gasteiger partial charge in [-0.15, -0.1) is 0 Å². The zero-order chi connectivity index (χ0) is 20.9. The van der Waals surface area contributed by atoms with Crippen LogP contribution in [0, 0.1) is 18.7 Å². The van der Waals surface area contributed by atoms with Crippen LogP contribution in [0.4, 0.5) is 14.9 Å². The van der Waals surface area contributed by atoms with Gasteiger partial charge in [0.15, 0.2) is 0 Å². The fourth-order valence-corrected chi connectivity index (χ4v) is 4.27.